The Balaban J connectivity index is 2.57. The number of rotatable bonds is 7. The number of carbonyl (C=O) groups excluding carboxylic acids is 1. The fourth-order valence-corrected chi connectivity index (χ4v) is 1.95. The van der Waals surface area contributed by atoms with Crippen LogP contribution in [0.2, 0.25) is 0 Å². The van der Waals surface area contributed by atoms with Crippen LogP contribution in [0.25, 0.3) is 0 Å². The van der Waals surface area contributed by atoms with E-state index >= 15 is 0 Å². The Kier molecular flexibility index (Phi) is 5.85. The quantitative estimate of drug-likeness (QED) is 0.741. The molecule has 0 bridgehead atoms. The van der Waals surface area contributed by atoms with E-state index < -0.39 is 0 Å². The van der Waals surface area contributed by atoms with Crippen LogP contribution in [0.3, 0.4) is 0 Å². The van der Waals surface area contributed by atoms with Gasteiger partial charge in [0.15, 0.2) is 0 Å². The van der Waals surface area contributed by atoms with Crippen LogP contribution in [0.5, 0.6) is 0 Å². The van der Waals surface area contributed by atoms with Gasteiger partial charge in [0.2, 0.25) is 0 Å². The highest BCUT2D eigenvalue weighted by atomic mass is 16.2. The van der Waals surface area contributed by atoms with E-state index in [-0.39, 0.29) is 5.91 Å². The first-order valence-electron chi connectivity index (χ1n) is 6.58. The van der Waals surface area contributed by atoms with Crippen molar-refractivity contribution in [2.75, 3.05) is 20.1 Å². The van der Waals surface area contributed by atoms with Crippen LogP contribution in [-0.4, -0.2) is 40.7 Å². The van der Waals surface area contributed by atoms with Crippen molar-refractivity contribution >= 4 is 5.91 Å². The minimum Gasteiger partial charge on any atom is -0.342 e. The van der Waals surface area contributed by atoms with Crippen molar-refractivity contribution in [3.8, 4) is 0 Å². The number of carbonyl (C=O) groups is 1. The van der Waals surface area contributed by atoms with Gasteiger partial charge in [-0.25, -0.2) is 0 Å². The van der Waals surface area contributed by atoms with Gasteiger partial charge >= 0.3 is 0 Å². The molecule has 1 heterocycles. The smallest absolute Gasteiger partial charge is 0.257 e. The van der Waals surface area contributed by atoms with Crippen molar-refractivity contribution in [1.29, 1.82) is 0 Å². The summed E-state index contributed by atoms with van der Waals surface area (Å²) in [7, 11) is 3.69. The molecule has 0 aliphatic carbocycles. The zero-order valence-electron chi connectivity index (χ0n) is 11.6. The normalized spacial score (nSPS) is 10.7. The van der Waals surface area contributed by atoms with E-state index in [0.29, 0.717) is 0 Å². The predicted octanol–water partition coefficient (Wildman–Crippen LogP) is 1.18. The summed E-state index contributed by atoms with van der Waals surface area (Å²) in [5.41, 5.74) is 7.04. The van der Waals surface area contributed by atoms with Crippen LogP contribution in [0, 0.1) is 0 Å². The Hall–Kier alpha value is -1.36. The van der Waals surface area contributed by atoms with Crippen LogP contribution < -0.4 is 5.73 Å². The molecule has 0 spiro atoms. The van der Waals surface area contributed by atoms with E-state index in [1.54, 1.807) is 15.8 Å². The van der Waals surface area contributed by atoms with E-state index in [4.69, 9.17) is 5.73 Å². The van der Waals surface area contributed by atoms with Crippen LogP contribution in [-0.2, 0) is 13.5 Å². The Labute approximate surface area is 109 Å². The SMILES string of the molecule is CCc1nn(C)cc1C(=O)N(C)CCCCCN. The second-order valence-corrected chi connectivity index (χ2v) is 4.59. The van der Waals surface area contributed by atoms with Crippen LogP contribution in [0.15, 0.2) is 6.20 Å². The maximum atomic E-state index is 12.2. The van der Waals surface area contributed by atoms with Gasteiger partial charge < -0.3 is 10.6 Å². The molecule has 5 heteroatoms. The molecule has 1 amide bonds. The van der Waals surface area contributed by atoms with Gasteiger partial charge in [-0.15, -0.1) is 0 Å². The molecule has 0 aliphatic heterocycles. The molecular formula is C13H24N4O. The van der Waals surface area contributed by atoms with Gasteiger partial charge in [0.1, 0.15) is 0 Å². The monoisotopic (exact) mass is 252 g/mol. The number of hydrogen-bond acceptors (Lipinski definition) is 3. The maximum absolute atomic E-state index is 12.2. The maximum Gasteiger partial charge on any atom is 0.257 e. The molecule has 1 rings (SSSR count). The van der Waals surface area contributed by atoms with Crippen LogP contribution in [0.1, 0.15) is 42.2 Å². The molecule has 0 aliphatic rings. The van der Waals surface area contributed by atoms with Crippen LogP contribution in [0.4, 0.5) is 0 Å². The Morgan fingerprint density at radius 3 is 2.78 bits per heavy atom. The minimum absolute atomic E-state index is 0.0627. The molecule has 2 N–H and O–H groups in total. The summed E-state index contributed by atoms with van der Waals surface area (Å²) in [4.78, 5) is 14.0. The Morgan fingerprint density at radius 1 is 1.44 bits per heavy atom. The fraction of sp³-hybridized carbons (Fsp3) is 0.692. The molecule has 0 fully saturated rings. The Morgan fingerprint density at radius 2 is 2.17 bits per heavy atom. The van der Waals surface area contributed by atoms with Crippen molar-refractivity contribution < 1.29 is 4.79 Å². The van der Waals surface area contributed by atoms with Crippen molar-refractivity contribution in [1.82, 2.24) is 14.7 Å². The number of aromatic nitrogens is 2. The summed E-state index contributed by atoms with van der Waals surface area (Å²) in [5.74, 6) is 0.0627. The summed E-state index contributed by atoms with van der Waals surface area (Å²) in [6.45, 7) is 3.51. The van der Waals surface area contributed by atoms with Crippen molar-refractivity contribution in [3.63, 3.8) is 0 Å². The van der Waals surface area contributed by atoms with Gasteiger partial charge in [0, 0.05) is 26.8 Å². The summed E-state index contributed by atoms with van der Waals surface area (Å²) in [5, 5.41) is 4.29. The summed E-state index contributed by atoms with van der Waals surface area (Å²) >= 11 is 0. The highest BCUT2D eigenvalue weighted by molar-refractivity contribution is 5.94. The number of hydrogen-bond donors (Lipinski definition) is 1. The van der Waals surface area contributed by atoms with Gasteiger partial charge in [-0.1, -0.05) is 13.3 Å². The molecular weight excluding hydrogens is 228 g/mol. The molecule has 0 saturated carbocycles. The van der Waals surface area contributed by atoms with Gasteiger partial charge in [-0.05, 0) is 25.8 Å². The second kappa shape index (κ2) is 7.16. The molecule has 0 aromatic carbocycles. The summed E-state index contributed by atoms with van der Waals surface area (Å²) in [6.07, 6.45) is 5.68. The largest absolute Gasteiger partial charge is 0.342 e. The van der Waals surface area contributed by atoms with E-state index in [1.807, 2.05) is 21.0 Å². The van der Waals surface area contributed by atoms with Gasteiger partial charge in [0.05, 0.1) is 11.3 Å². The topological polar surface area (TPSA) is 64.2 Å². The molecule has 0 radical (unpaired) electrons. The third kappa shape index (κ3) is 3.84. The zero-order valence-corrected chi connectivity index (χ0v) is 11.6. The molecule has 0 atom stereocenters. The highest BCUT2D eigenvalue weighted by Crippen LogP contribution is 2.10. The van der Waals surface area contributed by atoms with Crippen molar-refractivity contribution in [2.45, 2.75) is 32.6 Å². The number of amides is 1. The molecule has 0 saturated heterocycles. The predicted molar refractivity (Wildman–Crippen MR) is 72.5 cm³/mol. The zero-order chi connectivity index (χ0) is 13.5. The lowest BCUT2D eigenvalue weighted by molar-refractivity contribution is 0.0791. The lowest BCUT2D eigenvalue weighted by Gasteiger charge is -2.16. The van der Waals surface area contributed by atoms with Crippen molar-refractivity contribution in [3.05, 3.63) is 17.5 Å². The number of nitrogens with two attached hydrogens (primary N) is 1. The standard InChI is InChI=1S/C13H24N4O/c1-4-12-11(10-17(3)15-12)13(18)16(2)9-7-5-6-8-14/h10H,4-9,14H2,1-3H3. The van der Waals surface area contributed by atoms with Gasteiger partial charge in [-0.3, -0.25) is 9.48 Å². The minimum atomic E-state index is 0.0627. The molecule has 1 aromatic rings. The van der Waals surface area contributed by atoms with Gasteiger partial charge in [-0.2, -0.15) is 5.10 Å². The first-order valence-corrected chi connectivity index (χ1v) is 6.58. The lowest BCUT2D eigenvalue weighted by atomic mass is 10.1. The fourth-order valence-electron chi connectivity index (χ4n) is 1.95. The average Bonchev–Trinajstić information content (AvgIpc) is 2.74. The van der Waals surface area contributed by atoms with Crippen molar-refractivity contribution in [2.24, 2.45) is 12.8 Å². The number of unbranched alkanes of at least 4 members (excludes halogenated alkanes) is 2. The van der Waals surface area contributed by atoms with Gasteiger partial charge in [0.25, 0.3) is 5.91 Å². The molecule has 1 aromatic heterocycles. The first kappa shape index (κ1) is 14.7. The van der Waals surface area contributed by atoms with E-state index in [0.717, 1.165) is 50.0 Å². The average molecular weight is 252 g/mol. The second-order valence-electron chi connectivity index (χ2n) is 4.59. The van der Waals surface area contributed by atoms with E-state index in [2.05, 4.69) is 5.10 Å². The molecule has 102 valence electrons. The number of aryl methyl sites for hydroxylation is 2. The third-order valence-electron chi connectivity index (χ3n) is 3.01. The van der Waals surface area contributed by atoms with Crippen LogP contribution >= 0.6 is 0 Å². The molecule has 0 unspecified atom stereocenters. The lowest BCUT2D eigenvalue weighted by Crippen LogP contribution is -2.28. The summed E-state index contributed by atoms with van der Waals surface area (Å²) < 4.78 is 1.70. The first-order chi connectivity index (χ1) is 8.60. The van der Waals surface area contributed by atoms with E-state index in [1.165, 1.54) is 0 Å². The van der Waals surface area contributed by atoms with E-state index in [9.17, 15) is 4.79 Å². The third-order valence-corrected chi connectivity index (χ3v) is 3.01. The summed E-state index contributed by atoms with van der Waals surface area (Å²) in [6, 6.07) is 0. The molecule has 5 nitrogen and oxygen atoms in total. The Bertz CT molecular complexity index is 386. The number of nitrogens with zero attached hydrogens (tertiary/aromatic N) is 3. The highest BCUT2D eigenvalue weighted by Gasteiger charge is 2.17. The molecule has 18 heavy (non-hydrogen) atoms.